The third kappa shape index (κ3) is 4.16. The smallest absolute Gasteiger partial charge is 0.303 e. The van der Waals surface area contributed by atoms with Gasteiger partial charge in [-0.1, -0.05) is 19.6 Å². The molecular weight excluding hydrogens is 158 g/mol. The summed E-state index contributed by atoms with van der Waals surface area (Å²) in [5.41, 5.74) is 5.69. The van der Waals surface area contributed by atoms with E-state index in [9.17, 15) is 4.79 Å². The second-order valence-corrected chi connectivity index (χ2v) is 9.45. The fourth-order valence-electron chi connectivity index (χ4n) is 0.954. The summed E-state index contributed by atoms with van der Waals surface area (Å²) in [7, 11) is -1.36. The van der Waals surface area contributed by atoms with Gasteiger partial charge in [0.2, 0.25) is 0 Å². The van der Waals surface area contributed by atoms with Crippen molar-refractivity contribution in [3.63, 3.8) is 0 Å². The summed E-state index contributed by atoms with van der Waals surface area (Å²) in [6, 6.07) is 0. The number of hydrogen-bond donors (Lipinski definition) is 2. The zero-order chi connectivity index (χ0) is 9.07. The van der Waals surface area contributed by atoms with Crippen LogP contribution >= 0.6 is 0 Å². The van der Waals surface area contributed by atoms with E-state index in [1.807, 2.05) is 0 Å². The summed E-state index contributed by atoms with van der Waals surface area (Å²) in [6.45, 7) is 6.94. The molecule has 0 aliphatic heterocycles. The lowest BCUT2D eigenvalue weighted by Gasteiger charge is -2.25. The fraction of sp³-hybridized carbons (Fsp3) is 0.857. The van der Waals surface area contributed by atoms with E-state index < -0.39 is 14.0 Å². The molecule has 0 spiro atoms. The van der Waals surface area contributed by atoms with E-state index in [0.29, 0.717) is 6.54 Å². The van der Waals surface area contributed by atoms with Crippen molar-refractivity contribution in [2.24, 2.45) is 5.73 Å². The largest absolute Gasteiger partial charge is 0.481 e. The van der Waals surface area contributed by atoms with E-state index in [1.54, 1.807) is 0 Å². The molecule has 0 aromatic rings. The van der Waals surface area contributed by atoms with Crippen LogP contribution in [0.3, 0.4) is 0 Å². The number of carboxylic acid groups (broad SMARTS) is 1. The Morgan fingerprint density at radius 1 is 1.55 bits per heavy atom. The van der Waals surface area contributed by atoms with Gasteiger partial charge in [0, 0.05) is 14.5 Å². The molecule has 0 rings (SSSR count). The quantitative estimate of drug-likeness (QED) is 0.629. The minimum atomic E-state index is -1.36. The molecule has 0 aromatic carbocycles. The Hall–Kier alpha value is -0.353. The molecule has 0 amide bonds. The van der Waals surface area contributed by atoms with Gasteiger partial charge in [-0.2, -0.15) is 0 Å². The Morgan fingerprint density at radius 2 is 2.00 bits per heavy atom. The van der Waals surface area contributed by atoms with Gasteiger partial charge in [-0.3, -0.25) is 4.79 Å². The lowest BCUT2D eigenvalue weighted by Crippen LogP contribution is -2.34. The third-order valence-electron chi connectivity index (χ3n) is 1.93. The van der Waals surface area contributed by atoms with E-state index in [0.717, 1.165) is 0 Å². The van der Waals surface area contributed by atoms with Gasteiger partial charge in [0.25, 0.3) is 0 Å². The Labute approximate surface area is 68.6 Å². The molecule has 1 unspecified atom stereocenters. The van der Waals surface area contributed by atoms with Crippen LogP contribution < -0.4 is 5.73 Å². The van der Waals surface area contributed by atoms with Gasteiger partial charge in [-0.25, -0.2) is 0 Å². The van der Waals surface area contributed by atoms with Gasteiger partial charge in [-0.05, 0) is 12.1 Å². The van der Waals surface area contributed by atoms with E-state index >= 15 is 0 Å². The molecule has 0 fully saturated rings. The maximum atomic E-state index is 10.4. The highest BCUT2D eigenvalue weighted by atomic mass is 28.3. The summed E-state index contributed by atoms with van der Waals surface area (Å²) >= 11 is 0. The summed E-state index contributed by atoms with van der Waals surface area (Å²) in [6.07, 6.45) is 0.228. The van der Waals surface area contributed by atoms with Crippen LogP contribution in [0.5, 0.6) is 0 Å². The number of aliphatic carboxylic acids is 1. The zero-order valence-corrected chi connectivity index (χ0v) is 8.42. The molecule has 0 heterocycles. The number of hydrogen-bond acceptors (Lipinski definition) is 2. The number of nitrogens with two attached hydrogens (primary N) is 1. The Bertz CT molecular complexity index is 142. The number of carbonyl (C=O) groups is 1. The van der Waals surface area contributed by atoms with E-state index in [1.165, 1.54) is 0 Å². The summed E-state index contributed by atoms with van der Waals surface area (Å²) in [4.78, 5) is 10.4. The average Bonchev–Trinajstić information content (AvgIpc) is 1.79. The van der Waals surface area contributed by atoms with Crippen molar-refractivity contribution in [2.75, 3.05) is 6.54 Å². The molecule has 66 valence electrons. The molecule has 4 heteroatoms. The van der Waals surface area contributed by atoms with Gasteiger partial charge < -0.3 is 10.8 Å². The molecule has 11 heavy (non-hydrogen) atoms. The highest BCUT2D eigenvalue weighted by molar-refractivity contribution is 6.77. The van der Waals surface area contributed by atoms with Gasteiger partial charge >= 0.3 is 5.97 Å². The summed E-state index contributed by atoms with van der Waals surface area (Å²) in [5, 5.41) is 8.54. The van der Waals surface area contributed by atoms with Crippen LogP contribution in [0.15, 0.2) is 0 Å². The first-order valence-electron chi connectivity index (χ1n) is 3.79. The van der Waals surface area contributed by atoms with Crippen LogP contribution in [-0.4, -0.2) is 25.7 Å². The van der Waals surface area contributed by atoms with Crippen LogP contribution in [0, 0.1) is 0 Å². The minimum Gasteiger partial charge on any atom is -0.481 e. The molecular formula is C7H17NO2Si. The molecule has 0 aliphatic rings. The molecule has 3 nitrogen and oxygen atoms in total. The first-order valence-corrected chi connectivity index (χ1v) is 7.37. The van der Waals surface area contributed by atoms with Crippen molar-refractivity contribution in [1.82, 2.24) is 0 Å². The van der Waals surface area contributed by atoms with Crippen molar-refractivity contribution in [3.8, 4) is 0 Å². The Kier molecular flexibility index (Phi) is 3.75. The second kappa shape index (κ2) is 3.87. The predicted octanol–water partition coefficient (Wildman–Crippen LogP) is 1.13. The first-order chi connectivity index (χ1) is 4.88. The van der Waals surface area contributed by atoms with Crippen LogP contribution in [0.1, 0.15) is 6.42 Å². The Balaban J connectivity index is 4.07. The van der Waals surface area contributed by atoms with E-state index in [-0.39, 0.29) is 12.0 Å². The Morgan fingerprint density at radius 3 is 2.09 bits per heavy atom. The monoisotopic (exact) mass is 175 g/mol. The first kappa shape index (κ1) is 10.6. The van der Waals surface area contributed by atoms with Crippen molar-refractivity contribution in [1.29, 1.82) is 0 Å². The normalized spacial score (nSPS) is 14.5. The molecule has 1 atom stereocenters. The zero-order valence-electron chi connectivity index (χ0n) is 7.42. The van der Waals surface area contributed by atoms with Crippen molar-refractivity contribution in [3.05, 3.63) is 0 Å². The lowest BCUT2D eigenvalue weighted by molar-refractivity contribution is -0.137. The van der Waals surface area contributed by atoms with Crippen LogP contribution in [-0.2, 0) is 4.79 Å². The molecule has 0 aliphatic carbocycles. The van der Waals surface area contributed by atoms with Gasteiger partial charge in [-0.15, -0.1) is 0 Å². The minimum absolute atomic E-state index is 0.208. The molecule has 0 saturated carbocycles. The highest BCUT2D eigenvalue weighted by Crippen LogP contribution is 2.23. The average molecular weight is 175 g/mol. The number of rotatable bonds is 4. The fourth-order valence-corrected chi connectivity index (χ4v) is 2.45. The van der Waals surface area contributed by atoms with Crippen LogP contribution in [0.2, 0.25) is 25.2 Å². The third-order valence-corrected chi connectivity index (χ3v) is 4.82. The summed E-state index contributed by atoms with van der Waals surface area (Å²) in [5.74, 6) is -0.733. The predicted molar refractivity (Wildman–Crippen MR) is 48.4 cm³/mol. The summed E-state index contributed by atoms with van der Waals surface area (Å²) < 4.78 is 0. The highest BCUT2D eigenvalue weighted by Gasteiger charge is 2.27. The van der Waals surface area contributed by atoms with Crippen LogP contribution in [0.25, 0.3) is 0 Å². The molecule has 0 aromatic heterocycles. The van der Waals surface area contributed by atoms with Crippen molar-refractivity contribution >= 4 is 14.0 Å². The van der Waals surface area contributed by atoms with Gasteiger partial charge in [0.1, 0.15) is 0 Å². The number of carboxylic acids is 1. The van der Waals surface area contributed by atoms with E-state index in [4.69, 9.17) is 10.8 Å². The molecule has 0 bridgehead atoms. The topological polar surface area (TPSA) is 63.3 Å². The second-order valence-electron chi connectivity index (χ2n) is 3.90. The van der Waals surface area contributed by atoms with Crippen molar-refractivity contribution < 1.29 is 9.90 Å². The maximum absolute atomic E-state index is 10.4. The molecule has 0 saturated heterocycles. The molecule has 0 radical (unpaired) electrons. The van der Waals surface area contributed by atoms with Crippen LogP contribution in [0.4, 0.5) is 0 Å². The van der Waals surface area contributed by atoms with Crippen molar-refractivity contribution in [2.45, 2.75) is 31.6 Å². The van der Waals surface area contributed by atoms with Gasteiger partial charge in [0.05, 0.1) is 0 Å². The standard InChI is InChI=1S/C7H17NO2Si/c1-11(2,3)6(5-8)4-7(9)10/h6H,4-5,8H2,1-3H3,(H,9,10). The van der Waals surface area contributed by atoms with E-state index in [2.05, 4.69) is 19.6 Å². The van der Waals surface area contributed by atoms with Gasteiger partial charge in [0.15, 0.2) is 0 Å². The molecule has 3 N–H and O–H groups in total. The lowest BCUT2D eigenvalue weighted by atomic mass is 10.3. The SMILES string of the molecule is C[Si](C)(C)C(CN)CC(=O)O. The maximum Gasteiger partial charge on any atom is 0.303 e.